The quantitative estimate of drug-likeness (QED) is 0.438. The molecule has 0 bridgehead atoms. The minimum atomic E-state index is 0. The van der Waals surface area contributed by atoms with Crippen molar-refractivity contribution in [2.24, 2.45) is 4.99 Å². The van der Waals surface area contributed by atoms with Crippen molar-refractivity contribution in [1.82, 2.24) is 15.5 Å². The number of hydrogen-bond donors (Lipinski definition) is 2. The van der Waals surface area contributed by atoms with Crippen molar-refractivity contribution in [2.75, 3.05) is 20.1 Å². The number of guanidine groups is 1. The molecule has 1 aromatic carbocycles. The highest BCUT2D eigenvalue weighted by Gasteiger charge is 2.18. The van der Waals surface area contributed by atoms with Gasteiger partial charge in [0.1, 0.15) is 0 Å². The lowest BCUT2D eigenvalue weighted by Crippen LogP contribution is -2.45. The summed E-state index contributed by atoms with van der Waals surface area (Å²) in [4.78, 5) is 18.2. The molecule has 1 heterocycles. The first-order valence-electron chi connectivity index (χ1n) is 7.92. The van der Waals surface area contributed by atoms with Crippen LogP contribution in [0.5, 0.6) is 0 Å². The van der Waals surface area contributed by atoms with Gasteiger partial charge >= 0.3 is 0 Å². The number of carbonyl (C=O) groups excluding carboxylic acids is 1. The minimum Gasteiger partial charge on any atom is -0.356 e. The first-order valence-corrected chi connectivity index (χ1v) is 7.92. The maximum atomic E-state index is 11.7. The van der Waals surface area contributed by atoms with Gasteiger partial charge in [0.25, 0.3) is 0 Å². The number of fused-ring (bicyclic) bond motifs is 1. The van der Waals surface area contributed by atoms with Crippen molar-refractivity contribution >= 4 is 35.8 Å². The Morgan fingerprint density at radius 2 is 2.00 bits per heavy atom. The van der Waals surface area contributed by atoms with E-state index in [1.54, 1.807) is 7.05 Å². The highest BCUT2D eigenvalue weighted by Crippen LogP contribution is 2.18. The van der Waals surface area contributed by atoms with Gasteiger partial charge in [0.15, 0.2) is 5.96 Å². The Morgan fingerprint density at radius 1 is 1.30 bits per heavy atom. The first-order chi connectivity index (χ1) is 10.6. The topological polar surface area (TPSA) is 56.7 Å². The lowest BCUT2D eigenvalue weighted by Gasteiger charge is -2.31. The number of nitrogens with zero attached hydrogens (tertiary/aromatic N) is 2. The van der Waals surface area contributed by atoms with Crippen molar-refractivity contribution in [3.05, 3.63) is 35.4 Å². The second-order valence-electron chi connectivity index (χ2n) is 5.89. The number of rotatable bonds is 4. The van der Waals surface area contributed by atoms with E-state index in [1.807, 2.05) is 13.8 Å². The molecule has 0 fully saturated rings. The second-order valence-corrected chi connectivity index (χ2v) is 5.89. The summed E-state index contributed by atoms with van der Waals surface area (Å²) in [6, 6.07) is 8.72. The molecule has 0 aliphatic carbocycles. The maximum absolute atomic E-state index is 11.7. The van der Waals surface area contributed by atoms with Gasteiger partial charge in [0.05, 0.1) is 0 Å². The van der Waals surface area contributed by atoms with Crippen LogP contribution in [0.25, 0.3) is 0 Å². The smallest absolute Gasteiger partial charge is 0.221 e. The summed E-state index contributed by atoms with van der Waals surface area (Å²) in [6.07, 6.45) is 1.49. The summed E-state index contributed by atoms with van der Waals surface area (Å²) in [5.74, 6) is 0.939. The van der Waals surface area contributed by atoms with Crippen molar-refractivity contribution < 1.29 is 4.79 Å². The van der Waals surface area contributed by atoms with E-state index in [9.17, 15) is 4.79 Å². The highest BCUT2D eigenvalue weighted by atomic mass is 127. The molecule has 128 valence electrons. The van der Waals surface area contributed by atoms with Gasteiger partial charge in [-0.15, -0.1) is 24.0 Å². The summed E-state index contributed by atoms with van der Waals surface area (Å²) in [5.41, 5.74) is 2.78. The molecule has 0 spiro atoms. The Balaban J connectivity index is 0.00000264. The molecule has 5 nitrogen and oxygen atoms in total. The molecule has 1 aliphatic rings. The van der Waals surface area contributed by atoms with E-state index >= 15 is 0 Å². The molecule has 23 heavy (non-hydrogen) atoms. The van der Waals surface area contributed by atoms with E-state index in [0.29, 0.717) is 13.0 Å². The lowest BCUT2D eigenvalue weighted by molar-refractivity contribution is -0.121. The van der Waals surface area contributed by atoms with Crippen LogP contribution in [0.1, 0.15) is 31.4 Å². The summed E-state index contributed by atoms with van der Waals surface area (Å²) < 4.78 is 0. The van der Waals surface area contributed by atoms with Gasteiger partial charge in [0.2, 0.25) is 5.91 Å². The SMILES string of the molecule is CN=C(NCCC(=O)NC(C)C)N1CCc2ccccc2C1.I. The molecule has 2 rings (SSSR count). The molecule has 0 aromatic heterocycles. The Hall–Kier alpha value is -1.31. The fourth-order valence-electron chi connectivity index (χ4n) is 2.69. The summed E-state index contributed by atoms with van der Waals surface area (Å²) in [6.45, 7) is 6.36. The summed E-state index contributed by atoms with van der Waals surface area (Å²) >= 11 is 0. The average Bonchev–Trinajstić information content (AvgIpc) is 2.50. The molecule has 6 heteroatoms. The van der Waals surface area contributed by atoms with Crippen LogP contribution >= 0.6 is 24.0 Å². The Labute approximate surface area is 156 Å². The lowest BCUT2D eigenvalue weighted by atomic mass is 10.0. The third-order valence-electron chi connectivity index (χ3n) is 3.73. The number of halogens is 1. The molecule has 0 unspecified atom stereocenters. The van der Waals surface area contributed by atoms with Gasteiger partial charge in [-0.1, -0.05) is 24.3 Å². The van der Waals surface area contributed by atoms with E-state index in [2.05, 4.69) is 44.8 Å². The number of amides is 1. The van der Waals surface area contributed by atoms with Crippen LogP contribution in [-0.4, -0.2) is 42.9 Å². The molecular formula is C17H27IN4O. The molecule has 1 amide bonds. The number of hydrogen-bond acceptors (Lipinski definition) is 2. The fourth-order valence-corrected chi connectivity index (χ4v) is 2.69. The first kappa shape index (κ1) is 19.7. The zero-order valence-corrected chi connectivity index (χ0v) is 16.5. The monoisotopic (exact) mass is 430 g/mol. The highest BCUT2D eigenvalue weighted by molar-refractivity contribution is 14.0. The van der Waals surface area contributed by atoms with E-state index in [4.69, 9.17) is 0 Å². The Morgan fingerprint density at radius 3 is 2.65 bits per heavy atom. The zero-order chi connectivity index (χ0) is 15.9. The van der Waals surface area contributed by atoms with Gasteiger partial charge in [-0.25, -0.2) is 0 Å². The van der Waals surface area contributed by atoms with E-state index < -0.39 is 0 Å². The molecule has 1 aromatic rings. The van der Waals surface area contributed by atoms with Gasteiger partial charge in [-0.2, -0.15) is 0 Å². The third-order valence-corrected chi connectivity index (χ3v) is 3.73. The molecule has 1 aliphatic heterocycles. The van der Waals surface area contributed by atoms with E-state index in [1.165, 1.54) is 11.1 Å². The van der Waals surface area contributed by atoms with Gasteiger partial charge in [-0.05, 0) is 31.4 Å². The molecule has 0 atom stereocenters. The van der Waals surface area contributed by atoms with E-state index in [-0.39, 0.29) is 35.9 Å². The minimum absolute atomic E-state index is 0. The van der Waals surface area contributed by atoms with Crippen LogP contribution in [0.4, 0.5) is 0 Å². The van der Waals surface area contributed by atoms with Crippen LogP contribution in [0.15, 0.2) is 29.3 Å². The van der Waals surface area contributed by atoms with Crippen molar-refractivity contribution in [1.29, 1.82) is 0 Å². The van der Waals surface area contributed by atoms with Crippen molar-refractivity contribution in [2.45, 2.75) is 39.3 Å². The van der Waals surface area contributed by atoms with Crippen LogP contribution in [0, 0.1) is 0 Å². The Bertz CT molecular complexity index is 545. The van der Waals surface area contributed by atoms with Gasteiger partial charge < -0.3 is 15.5 Å². The zero-order valence-electron chi connectivity index (χ0n) is 14.1. The van der Waals surface area contributed by atoms with Crippen molar-refractivity contribution in [3.8, 4) is 0 Å². The number of carbonyl (C=O) groups is 1. The van der Waals surface area contributed by atoms with Crippen LogP contribution in [0.3, 0.4) is 0 Å². The van der Waals surface area contributed by atoms with Crippen LogP contribution in [0.2, 0.25) is 0 Å². The predicted octanol–water partition coefficient (Wildman–Crippen LogP) is 2.15. The fraction of sp³-hybridized carbons (Fsp3) is 0.529. The largest absolute Gasteiger partial charge is 0.356 e. The van der Waals surface area contributed by atoms with Crippen LogP contribution < -0.4 is 10.6 Å². The van der Waals surface area contributed by atoms with Gasteiger partial charge in [-0.3, -0.25) is 9.79 Å². The third kappa shape index (κ3) is 6.01. The average molecular weight is 430 g/mol. The number of benzene rings is 1. The van der Waals surface area contributed by atoms with Crippen LogP contribution in [-0.2, 0) is 17.8 Å². The number of nitrogens with one attached hydrogen (secondary N) is 2. The maximum Gasteiger partial charge on any atom is 0.221 e. The normalized spacial score (nSPS) is 14.1. The molecule has 0 radical (unpaired) electrons. The summed E-state index contributed by atoms with van der Waals surface area (Å²) in [7, 11) is 1.79. The summed E-state index contributed by atoms with van der Waals surface area (Å²) in [5, 5.41) is 6.18. The molecule has 2 N–H and O–H groups in total. The molecular weight excluding hydrogens is 403 g/mol. The number of aliphatic imine (C=N–C) groups is 1. The predicted molar refractivity (Wildman–Crippen MR) is 105 cm³/mol. The standard InChI is InChI=1S/C17H26N4O.HI/c1-13(2)20-16(22)8-10-19-17(18-3)21-11-9-14-6-4-5-7-15(14)12-21;/h4-7,13H,8-12H2,1-3H3,(H,18,19)(H,20,22);1H. The molecule has 0 saturated carbocycles. The Kier molecular flexibility index (Phi) is 8.36. The van der Waals surface area contributed by atoms with E-state index in [0.717, 1.165) is 25.5 Å². The molecule has 0 saturated heterocycles. The second kappa shape index (κ2) is 9.75. The van der Waals surface area contributed by atoms with Gasteiger partial charge in [0, 0.05) is 39.1 Å². The van der Waals surface area contributed by atoms with Crippen molar-refractivity contribution in [3.63, 3.8) is 0 Å².